The fraction of sp³-hybridized carbons (Fsp3) is 0.450. The normalized spacial score (nSPS) is 14.8. The van der Waals surface area contributed by atoms with E-state index in [1.165, 1.54) is 0 Å². The molecule has 0 radical (unpaired) electrons. The summed E-state index contributed by atoms with van der Waals surface area (Å²) in [6.45, 7) is 5.16. The van der Waals surface area contributed by atoms with Crippen LogP contribution in [0.5, 0.6) is 0 Å². The van der Waals surface area contributed by atoms with E-state index in [0.29, 0.717) is 37.0 Å². The lowest BCUT2D eigenvalue weighted by Crippen LogP contribution is -2.47. The highest BCUT2D eigenvalue weighted by Crippen LogP contribution is 2.21. The number of benzene rings is 1. The van der Waals surface area contributed by atoms with Gasteiger partial charge in [0.05, 0.1) is 18.7 Å². The van der Waals surface area contributed by atoms with Gasteiger partial charge in [-0.2, -0.15) is 0 Å². The van der Waals surface area contributed by atoms with E-state index in [2.05, 4.69) is 10.3 Å². The highest BCUT2D eigenvalue weighted by molar-refractivity contribution is 5.79. The van der Waals surface area contributed by atoms with Crippen LogP contribution in [0.1, 0.15) is 31.2 Å². The first-order valence-corrected chi connectivity index (χ1v) is 9.29. The second-order valence-electron chi connectivity index (χ2n) is 6.59. The van der Waals surface area contributed by atoms with Crippen molar-refractivity contribution < 1.29 is 18.7 Å². The highest BCUT2D eigenvalue weighted by atomic mass is 16.6. The first kappa shape index (κ1) is 18.9. The molecule has 27 heavy (non-hydrogen) atoms. The van der Waals surface area contributed by atoms with Crippen LogP contribution in [0.3, 0.4) is 0 Å². The lowest BCUT2D eigenvalue weighted by Gasteiger charge is -2.31. The molecule has 1 saturated heterocycles. The predicted octanol–water partition coefficient (Wildman–Crippen LogP) is 2.93. The van der Waals surface area contributed by atoms with Crippen molar-refractivity contribution in [3.05, 3.63) is 41.8 Å². The van der Waals surface area contributed by atoms with Crippen LogP contribution in [-0.2, 0) is 16.0 Å². The van der Waals surface area contributed by atoms with Gasteiger partial charge in [-0.15, -0.1) is 0 Å². The molecule has 144 valence electrons. The monoisotopic (exact) mass is 371 g/mol. The molecule has 1 aliphatic rings. The number of oxazole rings is 1. The van der Waals surface area contributed by atoms with Crippen LogP contribution in [0.2, 0.25) is 0 Å². The second kappa shape index (κ2) is 8.70. The first-order valence-electron chi connectivity index (χ1n) is 9.29. The number of hydrogen-bond acceptors (Lipinski definition) is 5. The van der Waals surface area contributed by atoms with Crippen molar-refractivity contribution in [3.8, 4) is 11.5 Å². The molecule has 0 bridgehead atoms. The van der Waals surface area contributed by atoms with Crippen LogP contribution in [0.25, 0.3) is 11.5 Å². The number of nitrogens with one attached hydrogen (secondary N) is 1. The van der Waals surface area contributed by atoms with Crippen LogP contribution in [0.4, 0.5) is 4.79 Å². The van der Waals surface area contributed by atoms with Crippen molar-refractivity contribution in [1.29, 1.82) is 0 Å². The zero-order chi connectivity index (χ0) is 19.2. The molecule has 0 saturated carbocycles. The van der Waals surface area contributed by atoms with Gasteiger partial charge in [0.25, 0.3) is 0 Å². The number of aryl methyl sites for hydroxylation is 1. The Morgan fingerprint density at radius 3 is 2.63 bits per heavy atom. The largest absolute Gasteiger partial charge is 0.450 e. The van der Waals surface area contributed by atoms with Crippen LogP contribution < -0.4 is 5.32 Å². The number of piperidine rings is 1. The van der Waals surface area contributed by atoms with Crippen molar-refractivity contribution in [2.24, 2.45) is 0 Å². The van der Waals surface area contributed by atoms with Gasteiger partial charge in [-0.3, -0.25) is 4.79 Å². The Bertz CT molecular complexity index is 780. The summed E-state index contributed by atoms with van der Waals surface area (Å²) >= 11 is 0. The molecule has 1 aromatic heterocycles. The van der Waals surface area contributed by atoms with Gasteiger partial charge in [-0.05, 0) is 38.8 Å². The Morgan fingerprint density at radius 1 is 1.26 bits per heavy atom. The van der Waals surface area contributed by atoms with Gasteiger partial charge >= 0.3 is 6.09 Å². The van der Waals surface area contributed by atoms with E-state index in [4.69, 9.17) is 9.15 Å². The Hall–Kier alpha value is -2.83. The molecule has 1 fully saturated rings. The quantitative estimate of drug-likeness (QED) is 0.873. The Balaban J connectivity index is 1.52. The van der Waals surface area contributed by atoms with Crippen molar-refractivity contribution in [2.75, 3.05) is 19.7 Å². The number of likely N-dealkylation sites (tertiary alicyclic amines) is 1. The summed E-state index contributed by atoms with van der Waals surface area (Å²) in [5.74, 6) is 1.10. The summed E-state index contributed by atoms with van der Waals surface area (Å²) in [5, 5.41) is 3.04. The van der Waals surface area contributed by atoms with Crippen molar-refractivity contribution in [3.63, 3.8) is 0 Å². The van der Waals surface area contributed by atoms with E-state index in [0.717, 1.165) is 18.4 Å². The standard InChI is InChI=1S/C20H25N3O4/c1-3-26-20(25)23-11-9-16(10-12-23)21-18(24)13-17-14(2)27-19(22-17)15-7-5-4-6-8-15/h4-8,16H,3,9-13H2,1-2H3,(H,21,24). The average Bonchev–Trinajstić information content (AvgIpc) is 3.03. The fourth-order valence-corrected chi connectivity index (χ4v) is 3.15. The maximum atomic E-state index is 12.4. The first-order chi connectivity index (χ1) is 13.1. The van der Waals surface area contributed by atoms with Gasteiger partial charge in [0.1, 0.15) is 5.76 Å². The minimum Gasteiger partial charge on any atom is -0.450 e. The predicted molar refractivity (Wildman–Crippen MR) is 100 cm³/mol. The number of hydrogen-bond donors (Lipinski definition) is 1. The van der Waals surface area contributed by atoms with Gasteiger partial charge in [-0.1, -0.05) is 18.2 Å². The second-order valence-corrected chi connectivity index (χ2v) is 6.59. The van der Waals surface area contributed by atoms with E-state index in [-0.39, 0.29) is 24.5 Å². The molecule has 7 nitrogen and oxygen atoms in total. The van der Waals surface area contributed by atoms with E-state index in [1.807, 2.05) is 37.3 Å². The number of carbonyl (C=O) groups is 2. The molecule has 0 atom stereocenters. The minimum absolute atomic E-state index is 0.0592. The zero-order valence-corrected chi connectivity index (χ0v) is 15.7. The molecule has 0 spiro atoms. The highest BCUT2D eigenvalue weighted by Gasteiger charge is 2.25. The molecule has 0 unspecified atom stereocenters. The Morgan fingerprint density at radius 2 is 1.96 bits per heavy atom. The number of amides is 2. The Kier molecular flexibility index (Phi) is 6.11. The van der Waals surface area contributed by atoms with Gasteiger partial charge in [-0.25, -0.2) is 9.78 Å². The van der Waals surface area contributed by atoms with Crippen molar-refractivity contribution >= 4 is 12.0 Å². The lowest BCUT2D eigenvalue weighted by molar-refractivity contribution is -0.121. The molecule has 3 rings (SSSR count). The number of aromatic nitrogens is 1. The van der Waals surface area contributed by atoms with Gasteiger partial charge < -0.3 is 19.4 Å². The maximum absolute atomic E-state index is 12.4. The molecular weight excluding hydrogens is 346 g/mol. The Labute approximate surface area is 158 Å². The van der Waals surface area contributed by atoms with Gasteiger partial charge in [0.2, 0.25) is 11.8 Å². The van der Waals surface area contributed by atoms with Gasteiger partial charge in [0.15, 0.2) is 0 Å². The molecule has 0 aliphatic carbocycles. The summed E-state index contributed by atoms with van der Waals surface area (Å²) < 4.78 is 10.7. The number of ether oxygens (including phenoxy) is 1. The molecular formula is C20H25N3O4. The number of nitrogens with zero attached hydrogens (tertiary/aromatic N) is 2. The summed E-state index contributed by atoms with van der Waals surface area (Å²) in [6, 6.07) is 9.68. The molecule has 1 aliphatic heterocycles. The van der Waals surface area contributed by atoms with Crippen LogP contribution in [-0.4, -0.2) is 47.6 Å². The van der Waals surface area contributed by atoms with E-state index in [1.54, 1.807) is 11.8 Å². The fourth-order valence-electron chi connectivity index (χ4n) is 3.15. The summed E-state index contributed by atoms with van der Waals surface area (Å²) in [4.78, 5) is 30.3. The molecule has 2 aromatic rings. The number of rotatable bonds is 5. The third-order valence-electron chi connectivity index (χ3n) is 4.63. The van der Waals surface area contributed by atoms with Crippen LogP contribution in [0, 0.1) is 6.92 Å². The molecule has 2 heterocycles. The minimum atomic E-state index is -0.283. The molecule has 1 N–H and O–H groups in total. The average molecular weight is 371 g/mol. The van der Waals surface area contributed by atoms with E-state index >= 15 is 0 Å². The zero-order valence-electron chi connectivity index (χ0n) is 15.7. The van der Waals surface area contributed by atoms with Crippen molar-refractivity contribution in [1.82, 2.24) is 15.2 Å². The van der Waals surface area contributed by atoms with Gasteiger partial charge in [0, 0.05) is 24.7 Å². The maximum Gasteiger partial charge on any atom is 0.409 e. The summed E-state index contributed by atoms with van der Waals surface area (Å²) in [7, 11) is 0. The van der Waals surface area contributed by atoms with Crippen molar-refractivity contribution in [2.45, 2.75) is 39.2 Å². The topological polar surface area (TPSA) is 84.7 Å². The van der Waals surface area contributed by atoms with E-state index in [9.17, 15) is 9.59 Å². The third-order valence-corrected chi connectivity index (χ3v) is 4.63. The summed E-state index contributed by atoms with van der Waals surface area (Å²) in [5.41, 5.74) is 1.54. The molecule has 7 heteroatoms. The lowest BCUT2D eigenvalue weighted by atomic mass is 10.1. The SMILES string of the molecule is CCOC(=O)N1CCC(NC(=O)Cc2nc(-c3ccccc3)oc2C)CC1. The molecule has 1 aromatic carbocycles. The third kappa shape index (κ3) is 4.87. The number of carbonyl (C=O) groups excluding carboxylic acids is 2. The summed E-state index contributed by atoms with van der Waals surface area (Å²) in [6.07, 6.45) is 1.34. The van der Waals surface area contributed by atoms with Crippen LogP contribution >= 0.6 is 0 Å². The van der Waals surface area contributed by atoms with Crippen LogP contribution in [0.15, 0.2) is 34.7 Å². The molecule has 2 amide bonds. The van der Waals surface area contributed by atoms with E-state index < -0.39 is 0 Å². The smallest absolute Gasteiger partial charge is 0.409 e.